The third kappa shape index (κ3) is 3.67. The molecule has 2 aliphatic rings. The number of nitrogens with zero attached hydrogens (tertiary/aromatic N) is 2. The van der Waals surface area contributed by atoms with Crippen molar-refractivity contribution in [1.82, 2.24) is 9.80 Å². The lowest BCUT2D eigenvalue weighted by molar-refractivity contribution is -0.142. The predicted octanol–water partition coefficient (Wildman–Crippen LogP) is 1.82. The van der Waals surface area contributed by atoms with Crippen LogP contribution in [0.3, 0.4) is 0 Å². The van der Waals surface area contributed by atoms with Crippen LogP contribution in [0.25, 0.3) is 0 Å². The molecule has 2 fully saturated rings. The van der Waals surface area contributed by atoms with Crippen molar-refractivity contribution in [1.29, 1.82) is 0 Å². The zero-order valence-corrected chi connectivity index (χ0v) is 13.8. The molecule has 2 aliphatic heterocycles. The Morgan fingerprint density at radius 2 is 1.91 bits per heavy atom. The van der Waals surface area contributed by atoms with E-state index in [0.717, 1.165) is 25.9 Å². The maximum absolute atomic E-state index is 12.5. The van der Waals surface area contributed by atoms with Crippen LogP contribution in [0.4, 0.5) is 0 Å². The molecule has 5 nitrogen and oxygen atoms in total. The van der Waals surface area contributed by atoms with E-state index in [4.69, 9.17) is 4.74 Å². The number of amides is 1. The fraction of sp³-hybridized carbons (Fsp3) is 0.611. The van der Waals surface area contributed by atoms with Crippen molar-refractivity contribution < 1.29 is 14.6 Å². The summed E-state index contributed by atoms with van der Waals surface area (Å²) in [5, 5.41) is 10.4. The van der Waals surface area contributed by atoms with Crippen molar-refractivity contribution in [2.45, 2.75) is 37.8 Å². The molecule has 0 saturated carbocycles. The van der Waals surface area contributed by atoms with E-state index in [2.05, 4.69) is 4.90 Å². The first-order chi connectivity index (χ1) is 11.2. The Kier molecular flexibility index (Phi) is 5.18. The van der Waals surface area contributed by atoms with Gasteiger partial charge in [-0.2, -0.15) is 0 Å². The molecule has 0 aromatic heterocycles. The quantitative estimate of drug-likeness (QED) is 0.920. The highest BCUT2D eigenvalue weighted by Gasteiger charge is 2.31. The Labute approximate surface area is 137 Å². The first kappa shape index (κ1) is 16.3. The van der Waals surface area contributed by atoms with Crippen molar-refractivity contribution in [2.75, 3.05) is 33.3 Å². The van der Waals surface area contributed by atoms with E-state index >= 15 is 0 Å². The Morgan fingerprint density at radius 1 is 1.22 bits per heavy atom. The Bertz CT molecular complexity index is 535. The number of aliphatic hydroxyl groups excluding tert-OH is 1. The van der Waals surface area contributed by atoms with Gasteiger partial charge in [-0.05, 0) is 56.5 Å². The van der Waals surface area contributed by atoms with Gasteiger partial charge in [-0.1, -0.05) is 12.1 Å². The van der Waals surface area contributed by atoms with Gasteiger partial charge in [0.2, 0.25) is 0 Å². The van der Waals surface area contributed by atoms with Crippen LogP contribution < -0.4 is 4.74 Å². The van der Waals surface area contributed by atoms with Crippen LogP contribution in [0.2, 0.25) is 0 Å². The molecule has 0 bridgehead atoms. The molecule has 2 heterocycles. The second kappa shape index (κ2) is 7.32. The summed E-state index contributed by atoms with van der Waals surface area (Å²) in [5.41, 5.74) is 0.594. The maximum Gasteiger partial charge on any atom is 0.256 e. The van der Waals surface area contributed by atoms with E-state index in [9.17, 15) is 9.90 Å². The predicted molar refractivity (Wildman–Crippen MR) is 88.4 cm³/mol. The minimum absolute atomic E-state index is 0.196. The minimum Gasteiger partial charge on any atom is -0.497 e. The first-order valence-electron chi connectivity index (χ1n) is 8.54. The van der Waals surface area contributed by atoms with Gasteiger partial charge in [0.05, 0.1) is 7.11 Å². The van der Waals surface area contributed by atoms with Crippen molar-refractivity contribution in [3.8, 4) is 5.75 Å². The average molecular weight is 318 g/mol. The number of hydrogen-bond donors (Lipinski definition) is 1. The number of benzene rings is 1. The van der Waals surface area contributed by atoms with Gasteiger partial charge >= 0.3 is 0 Å². The molecule has 2 saturated heterocycles. The van der Waals surface area contributed by atoms with Gasteiger partial charge in [-0.15, -0.1) is 0 Å². The molecule has 23 heavy (non-hydrogen) atoms. The number of rotatable bonds is 4. The number of ether oxygens (including phenoxy) is 1. The largest absolute Gasteiger partial charge is 0.497 e. The fourth-order valence-corrected chi connectivity index (χ4v) is 3.69. The van der Waals surface area contributed by atoms with Crippen molar-refractivity contribution >= 4 is 5.91 Å². The van der Waals surface area contributed by atoms with Gasteiger partial charge < -0.3 is 19.6 Å². The maximum atomic E-state index is 12.5. The summed E-state index contributed by atoms with van der Waals surface area (Å²) in [7, 11) is 1.58. The Hall–Kier alpha value is -1.59. The van der Waals surface area contributed by atoms with E-state index in [0.29, 0.717) is 17.4 Å². The van der Waals surface area contributed by atoms with Crippen LogP contribution in [0.5, 0.6) is 5.75 Å². The summed E-state index contributed by atoms with van der Waals surface area (Å²) in [6.45, 7) is 3.87. The van der Waals surface area contributed by atoms with E-state index in [1.54, 1.807) is 30.2 Å². The SMILES string of the molecule is COc1cccc(C(O)C(=O)N2CCC(N3CCCC3)CC2)c1. The normalized spacial score (nSPS) is 21.4. The highest BCUT2D eigenvalue weighted by molar-refractivity contribution is 5.82. The molecule has 3 rings (SSSR count). The Morgan fingerprint density at radius 3 is 2.57 bits per heavy atom. The van der Waals surface area contributed by atoms with E-state index in [1.165, 1.54) is 25.9 Å². The monoisotopic (exact) mass is 318 g/mol. The van der Waals surface area contributed by atoms with E-state index in [-0.39, 0.29) is 5.91 Å². The summed E-state index contributed by atoms with van der Waals surface area (Å²) >= 11 is 0. The van der Waals surface area contributed by atoms with Crippen LogP contribution in [0, 0.1) is 0 Å². The van der Waals surface area contributed by atoms with Crippen LogP contribution in [-0.4, -0.2) is 60.1 Å². The molecule has 1 aromatic carbocycles. The molecule has 1 atom stereocenters. The molecule has 1 N–H and O–H groups in total. The third-order valence-corrected chi connectivity index (χ3v) is 5.08. The molecule has 0 aliphatic carbocycles. The second-order valence-electron chi connectivity index (χ2n) is 6.48. The number of methoxy groups -OCH3 is 1. The summed E-state index contributed by atoms with van der Waals surface area (Å²) in [5.74, 6) is 0.459. The summed E-state index contributed by atoms with van der Waals surface area (Å²) in [6, 6.07) is 7.70. The van der Waals surface area contributed by atoms with Gasteiger partial charge in [0.15, 0.2) is 6.10 Å². The number of likely N-dealkylation sites (tertiary alicyclic amines) is 2. The van der Waals surface area contributed by atoms with Gasteiger partial charge in [-0.3, -0.25) is 4.79 Å². The van der Waals surface area contributed by atoms with Crippen molar-refractivity contribution in [2.24, 2.45) is 0 Å². The van der Waals surface area contributed by atoms with Crippen LogP contribution in [0.1, 0.15) is 37.4 Å². The molecule has 0 spiro atoms. The van der Waals surface area contributed by atoms with Crippen LogP contribution in [-0.2, 0) is 4.79 Å². The lowest BCUT2D eigenvalue weighted by Crippen LogP contribution is -2.47. The lowest BCUT2D eigenvalue weighted by Gasteiger charge is -2.37. The van der Waals surface area contributed by atoms with Gasteiger partial charge in [0.25, 0.3) is 5.91 Å². The number of carbonyl (C=O) groups is 1. The summed E-state index contributed by atoms with van der Waals surface area (Å²) < 4.78 is 5.16. The smallest absolute Gasteiger partial charge is 0.256 e. The van der Waals surface area contributed by atoms with Gasteiger partial charge in [0.1, 0.15) is 5.75 Å². The summed E-state index contributed by atoms with van der Waals surface area (Å²) in [6.07, 6.45) is 3.52. The third-order valence-electron chi connectivity index (χ3n) is 5.08. The van der Waals surface area contributed by atoms with Gasteiger partial charge in [0, 0.05) is 19.1 Å². The molecule has 1 aromatic rings. The standard InChI is InChI=1S/C18H26N2O3/c1-23-16-6-4-5-14(13-16)17(21)18(22)20-11-7-15(8-12-20)19-9-2-3-10-19/h4-6,13,15,17,21H,2-3,7-12H2,1H3. The molecule has 0 radical (unpaired) electrons. The number of piperidine rings is 1. The van der Waals surface area contributed by atoms with Crippen LogP contribution in [0.15, 0.2) is 24.3 Å². The number of carbonyl (C=O) groups excluding carboxylic acids is 1. The number of hydrogen-bond acceptors (Lipinski definition) is 4. The molecule has 126 valence electrons. The second-order valence-corrected chi connectivity index (χ2v) is 6.48. The first-order valence-corrected chi connectivity index (χ1v) is 8.54. The minimum atomic E-state index is -1.10. The Balaban J connectivity index is 1.57. The average Bonchev–Trinajstić information content (AvgIpc) is 3.15. The van der Waals surface area contributed by atoms with E-state index in [1.807, 2.05) is 6.07 Å². The zero-order valence-electron chi connectivity index (χ0n) is 13.8. The zero-order chi connectivity index (χ0) is 16.2. The van der Waals surface area contributed by atoms with E-state index < -0.39 is 6.10 Å². The molecule has 1 amide bonds. The highest BCUT2D eigenvalue weighted by Crippen LogP contribution is 2.25. The highest BCUT2D eigenvalue weighted by atomic mass is 16.5. The van der Waals surface area contributed by atoms with Crippen molar-refractivity contribution in [3.63, 3.8) is 0 Å². The number of aliphatic hydroxyl groups is 1. The molecular weight excluding hydrogens is 292 g/mol. The molecule has 1 unspecified atom stereocenters. The lowest BCUT2D eigenvalue weighted by atomic mass is 10.0. The summed E-state index contributed by atoms with van der Waals surface area (Å²) in [4.78, 5) is 16.9. The van der Waals surface area contributed by atoms with Crippen LogP contribution >= 0.6 is 0 Å². The molecule has 5 heteroatoms. The van der Waals surface area contributed by atoms with Gasteiger partial charge in [-0.25, -0.2) is 0 Å². The fourth-order valence-electron chi connectivity index (χ4n) is 3.69. The van der Waals surface area contributed by atoms with Crippen molar-refractivity contribution in [3.05, 3.63) is 29.8 Å². The topological polar surface area (TPSA) is 53.0 Å². The molecular formula is C18H26N2O3.